The number of hydrogen-bond acceptors (Lipinski definition) is 8. The van der Waals surface area contributed by atoms with Gasteiger partial charge in [0.05, 0.1) is 11.4 Å². The number of aliphatic carboxylic acids is 4. The van der Waals surface area contributed by atoms with Crippen LogP contribution in [0.15, 0.2) is 131 Å². The molecule has 0 atom stereocenters. The molecule has 0 bridgehead atoms. The summed E-state index contributed by atoms with van der Waals surface area (Å²) in [5.74, 6) is -5.03. The van der Waals surface area contributed by atoms with Crippen molar-refractivity contribution in [3.8, 4) is 11.1 Å². The number of fused-ring (bicyclic) bond motifs is 2. The van der Waals surface area contributed by atoms with Gasteiger partial charge >= 0.3 is 23.9 Å². The number of piperazine rings is 1. The minimum atomic E-state index is -1.26. The van der Waals surface area contributed by atoms with Gasteiger partial charge in [-0.25, -0.2) is 19.2 Å². The second kappa shape index (κ2) is 21.3. The van der Waals surface area contributed by atoms with Crippen LogP contribution < -0.4 is 4.90 Å². The quantitative estimate of drug-likeness (QED) is 0.0826. The molecule has 6 rings (SSSR count). The van der Waals surface area contributed by atoms with Gasteiger partial charge in [0.25, 0.3) is 0 Å². The van der Waals surface area contributed by atoms with E-state index in [9.17, 15) is 19.2 Å². The fourth-order valence-corrected chi connectivity index (χ4v) is 7.01. The fraction of sp³-hybridized carbons (Fsp3) is 0.220. The second-order valence-corrected chi connectivity index (χ2v) is 13.8. The van der Waals surface area contributed by atoms with E-state index in [1.54, 1.807) is 0 Å². The number of carboxylic acids is 4. The van der Waals surface area contributed by atoms with E-state index < -0.39 is 23.9 Å². The molecule has 2 aliphatic rings. The van der Waals surface area contributed by atoms with Crippen molar-refractivity contribution in [1.29, 1.82) is 0 Å². The Labute approximate surface area is 323 Å². The van der Waals surface area contributed by atoms with Crippen LogP contribution in [0, 0.1) is 0 Å². The summed E-state index contributed by atoms with van der Waals surface area (Å²) in [5.41, 5.74) is 6.54. The summed E-state index contributed by atoms with van der Waals surface area (Å²) < 4.78 is 0. The van der Waals surface area contributed by atoms with Crippen molar-refractivity contribution in [2.24, 2.45) is 0 Å². The maximum Gasteiger partial charge on any atom is 0.328 e. The first kappa shape index (κ1) is 41.4. The Morgan fingerprint density at radius 3 is 1.43 bits per heavy atom. The van der Waals surface area contributed by atoms with Gasteiger partial charge in [-0.3, -0.25) is 4.90 Å². The number of benzene rings is 4. The third-order valence-electron chi connectivity index (χ3n) is 8.38. The van der Waals surface area contributed by atoms with Crippen molar-refractivity contribution in [3.63, 3.8) is 0 Å². The SMILES string of the molecule is Clc1ccc(-c2ccc(CN3CCN(CCCCN4c5ccccc5Sc5ccccc54)CC3)cc2)cc1.O=C(O)/C=C\C(=O)O.O=C(O)/C=C\C(=O)O. The molecule has 1 saturated heterocycles. The number of carbonyl (C=O) groups is 4. The molecule has 11 nitrogen and oxygen atoms in total. The summed E-state index contributed by atoms with van der Waals surface area (Å²) in [6, 6.07) is 34.7. The van der Waals surface area contributed by atoms with Crippen molar-refractivity contribution < 1.29 is 39.6 Å². The minimum Gasteiger partial charge on any atom is -0.478 e. The van der Waals surface area contributed by atoms with Crippen LogP contribution in [-0.2, 0) is 25.7 Å². The smallest absolute Gasteiger partial charge is 0.328 e. The third-order valence-corrected chi connectivity index (χ3v) is 9.76. The van der Waals surface area contributed by atoms with Gasteiger partial charge in [-0.05, 0) is 72.5 Å². The number of anilines is 2. The molecule has 2 heterocycles. The van der Waals surface area contributed by atoms with Crippen molar-refractivity contribution in [2.75, 3.05) is 44.2 Å². The lowest BCUT2D eigenvalue weighted by atomic mass is 10.0. The lowest BCUT2D eigenvalue weighted by Gasteiger charge is -2.35. The van der Waals surface area contributed by atoms with Crippen LogP contribution in [0.3, 0.4) is 0 Å². The van der Waals surface area contributed by atoms with Crippen LogP contribution in [0.25, 0.3) is 11.1 Å². The summed E-state index contributed by atoms with van der Waals surface area (Å²) in [5, 5.41) is 32.0. The highest BCUT2D eigenvalue weighted by Crippen LogP contribution is 2.47. The molecule has 0 aliphatic carbocycles. The number of nitrogens with zero attached hydrogens (tertiary/aromatic N) is 3. The van der Waals surface area contributed by atoms with Crippen LogP contribution >= 0.6 is 23.4 Å². The molecule has 0 aromatic heterocycles. The summed E-state index contributed by atoms with van der Waals surface area (Å²) in [6.45, 7) is 7.90. The average molecular weight is 772 g/mol. The summed E-state index contributed by atoms with van der Waals surface area (Å²) in [7, 11) is 0. The largest absolute Gasteiger partial charge is 0.478 e. The van der Waals surface area contributed by atoms with Gasteiger partial charge in [0.1, 0.15) is 0 Å². The monoisotopic (exact) mass is 771 g/mol. The van der Waals surface area contributed by atoms with Gasteiger partial charge in [-0.15, -0.1) is 0 Å². The Bertz CT molecular complexity index is 1820. The van der Waals surface area contributed by atoms with Gasteiger partial charge < -0.3 is 30.2 Å². The number of unbranched alkanes of at least 4 members (excludes halogenated alkanes) is 1. The van der Waals surface area contributed by atoms with E-state index in [0.29, 0.717) is 24.3 Å². The molecule has 2 aliphatic heterocycles. The first-order valence-electron chi connectivity index (χ1n) is 17.2. The second-order valence-electron chi connectivity index (χ2n) is 12.2. The Kier molecular flexibility index (Phi) is 16.3. The maximum absolute atomic E-state index is 9.55. The van der Waals surface area contributed by atoms with Crippen molar-refractivity contribution in [3.05, 3.63) is 132 Å². The van der Waals surface area contributed by atoms with Crippen LogP contribution in [0.4, 0.5) is 11.4 Å². The highest BCUT2D eigenvalue weighted by Gasteiger charge is 2.23. The lowest BCUT2D eigenvalue weighted by Crippen LogP contribution is -2.46. The van der Waals surface area contributed by atoms with Crippen molar-refractivity contribution >= 4 is 58.6 Å². The van der Waals surface area contributed by atoms with Crippen molar-refractivity contribution in [2.45, 2.75) is 29.2 Å². The molecule has 54 heavy (non-hydrogen) atoms. The Morgan fingerprint density at radius 2 is 0.963 bits per heavy atom. The Morgan fingerprint density at radius 1 is 0.556 bits per heavy atom. The normalized spacial score (nSPS) is 13.9. The molecule has 4 N–H and O–H groups in total. The van der Waals surface area contributed by atoms with Crippen LogP contribution in [0.2, 0.25) is 5.02 Å². The molecule has 282 valence electrons. The van der Waals surface area contributed by atoms with Crippen LogP contribution in [0.1, 0.15) is 18.4 Å². The maximum atomic E-state index is 9.55. The Hall–Kier alpha value is -5.40. The molecule has 0 spiro atoms. The number of hydrogen-bond donors (Lipinski definition) is 4. The first-order chi connectivity index (χ1) is 26.0. The summed E-state index contributed by atoms with van der Waals surface area (Å²) >= 11 is 7.92. The molecule has 4 aromatic rings. The standard InChI is InChI=1S/C33H34ClN3S.2C4H4O4/c34-29-17-15-28(16-18-29)27-13-11-26(12-14-27)25-36-23-21-35(22-24-36)19-5-6-20-37-30-7-1-3-9-32(30)38-33-10-4-2-8-31(33)37;2*5-3(6)1-2-4(7)8/h1-4,7-18H,5-6,19-25H2;2*1-2H,(H,5,6)(H,7,8)/b;2*2-1-. The van der Waals surface area contributed by atoms with E-state index in [4.69, 9.17) is 32.0 Å². The number of rotatable bonds is 12. The van der Waals surface area contributed by atoms with E-state index in [2.05, 4.69) is 99.6 Å². The van der Waals surface area contributed by atoms with E-state index in [0.717, 1.165) is 44.3 Å². The zero-order valence-corrected chi connectivity index (χ0v) is 31.0. The van der Waals surface area contributed by atoms with E-state index in [1.807, 2.05) is 23.9 Å². The first-order valence-corrected chi connectivity index (χ1v) is 18.4. The minimum absolute atomic E-state index is 0.558. The number of halogens is 1. The topological polar surface area (TPSA) is 159 Å². The van der Waals surface area contributed by atoms with Gasteiger partial charge in [-0.1, -0.05) is 84.0 Å². The molecule has 0 unspecified atom stereocenters. The zero-order valence-electron chi connectivity index (χ0n) is 29.5. The third kappa shape index (κ3) is 13.9. The predicted molar refractivity (Wildman–Crippen MR) is 211 cm³/mol. The molecule has 0 amide bonds. The van der Waals surface area contributed by atoms with Crippen LogP contribution in [-0.4, -0.2) is 93.4 Å². The lowest BCUT2D eigenvalue weighted by molar-refractivity contribution is -0.134. The van der Waals surface area contributed by atoms with Crippen LogP contribution in [0.5, 0.6) is 0 Å². The van der Waals surface area contributed by atoms with Gasteiger partial charge in [-0.2, -0.15) is 0 Å². The molecule has 0 saturated carbocycles. The van der Waals surface area contributed by atoms with Crippen molar-refractivity contribution in [1.82, 2.24) is 9.80 Å². The van der Waals surface area contributed by atoms with Gasteiger partial charge in [0.2, 0.25) is 0 Å². The molecule has 13 heteroatoms. The number of carboxylic acid groups (broad SMARTS) is 4. The molecule has 1 fully saturated rings. The highest BCUT2D eigenvalue weighted by atomic mass is 35.5. The van der Waals surface area contributed by atoms with E-state index in [-0.39, 0.29) is 0 Å². The molecular weight excluding hydrogens is 730 g/mol. The van der Waals surface area contributed by atoms with E-state index >= 15 is 0 Å². The number of para-hydroxylation sites is 2. The molecule has 0 radical (unpaired) electrons. The Balaban J connectivity index is 0.000000341. The summed E-state index contributed by atoms with van der Waals surface area (Å²) in [6.07, 6.45) is 4.67. The predicted octanol–water partition coefficient (Wildman–Crippen LogP) is 7.63. The summed E-state index contributed by atoms with van der Waals surface area (Å²) in [4.78, 5) is 48.7. The average Bonchev–Trinajstić information content (AvgIpc) is 3.16. The highest BCUT2D eigenvalue weighted by molar-refractivity contribution is 7.99. The fourth-order valence-electron chi connectivity index (χ4n) is 5.79. The molecular formula is C41H42ClN3O8S. The zero-order chi connectivity index (χ0) is 38.9. The van der Waals surface area contributed by atoms with Gasteiger partial charge in [0.15, 0.2) is 0 Å². The van der Waals surface area contributed by atoms with Gasteiger partial charge in [0, 0.05) is 78.4 Å². The molecule has 4 aromatic carbocycles. The van der Waals surface area contributed by atoms with E-state index in [1.165, 1.54) is 57.2 Å².